The van der Waals surface area contributed by atoms with Gasteiger partial charge in [0.15, 0.2) is 0 Å². The zero-order valence-electron chi connectivity index (χ0n) is 10.2. The highest BCUT2D eigenvalue weighted by atomic mass is 79.9. The Hall–Kier alpha value is -0.770. The number of nitrogen functional groups attached to an aromatic ring is 1. The fraction of sp³-hybridized carbons (Fsp3) is 0.583. The maximum Gasteiger partial charge on any atom is 0.140 e. The normalized spacial score (nSPS) is 10.8. The van der Waals surface area contributed by atoms with Crippen LogP contribution in [0, 0.1) is 12.8 Å². The van der Waals surface area contributed by atoms with Crippen molar-refractivity contribution in [2.75, 3.05) is 17.6 Å². The number of nitrogens with one attached hydrogen (secondary N) is 1. The van der Waals surface area contributed by atoms with Gasteiger partial charge in [0.05, 0.1) is 16.4 Å². The Morgan fingerprint density at radius 2 is 2.19 bits per heavy atom. The van der Waals surface area contributed by atoms with Crippen molar-refractivity contribution in [2.24, 2.45) is 5.92 Å². The van der Waals surface area contributed by atoms with E-state index in [9.17, 15) is 0 Å². The number of rotatable bonds is 5. The summed E-state index contributed by atoms with van der Waals surface area (Å²) < 4.78 is 0.969. The van der Waals surface area contributed by atoms with Gasteiger partial charge in [-0.1, -0.05) is 13.8 Å². The third kappa shape index (κ3) is 3.67. The second-order valence-corrected chi connectivity index (χ2v) is 5.26. The monoisotopic (exact) mass is 285 g/mol. The first kappa shape index (κ1) is 13.3. The van der Waals surface area contributed by atoms with Gasteiger partial charge in [-0.15, -0.1) is 0 Å². The molecule has 0 bridgehead atoms. The molecular formula is C12H20BrN3. The molecule has 0 atom stereocenters. The van der Waals surface area contributed by atoms with Crippen molar-refractivity contribution in [1.29, 1.82) is 0 Å². The van der Waals surface area contributed by atoms with Crippen LogP contribution in [0.15, 0.2) is 10.7 Å². The zero-order valence-corrected chi connectivity index (χ0v) is 11.8. The fourth-order valence-electron chi connectivity index (χ4n) is 1.43. The molecule has 1 aromatic heterocycles. The second-order valence-electron chi connectivity index (χ2n) is 4.46. The Morgan fingerprint density at radius 3 is 2.81 bits per heavy atom. The van der Waals surface area contributed by atoms with Crippen molar-refractivity contribution in [3.05, 3.63) is 16.2 Å². The maximum absolute atomic E-state index is 5.76. The summed E-state index contributed by atoms with van der Waals surface area (Å²) in [5.41, 5.74) is 7.53. The van der Waals surface area contributed by atoms with Gasteiger partial charge >= 0.3 is 0 Å². The van der Waals surface area contributed by atoms with Crippen molar-refractivity contribution in [2.45, 2.75) is 33.6 Å². The van der Waals surface area contributed by atoms with Gasteiger partial charge in [-0.2, -0.15) is 0 Å². The van der Waals surface area contributed by atoms with Crippen LogP contribution in [0.4, 0.5) is 11.5 Å². The molecule has 1 heterocycles. The van der Waals surface area contributed by atoms with Gasteiger partial charge < -0.3 is 11.1 Å². The molecule has 0 spiro atoms. The molecule has 0 saturated carbocycles. The first-order valence-corrected chi connectivity index (χ1v) is 6.46. The van der Waals surface area contributed by atoms with E-state index in [0.717, 1.165) is 40.4 Å². The zero-order chi connectivity index (χ0) is 12.1. The SMILES string of the molecule is Cc1c(N)cnc(NCCCC(C)C)c1Br. The van der Waals surface area contributed by atoms with Crippen molar-refractivity contribution < 1.29 is 0 Å². The molecule has 0 saturated heterocycles. The highest BCUT2D eigenvalue weighted by molar-refractivity contribution is 9.10. The van der Waals surface area contributed by atoms with Gasteiger partial charge in [-0.25, -0.2) is 4.98 Å². The van der Waals surface area contributed by atoms with Crippen molar-refractivity contribution in [3.63, 3.8) is 0 Å². The van der Waals surface area contributed by atoms with Crippen molar-refractivity contribution >= 4 is 27.4 Å². The molecule has 3 N–H and O–H groups in total. The summed E-state index contributed by atoms with van der Waals surface area (Å²) in [4.78, 5) is 4.27. The first-order valence-electron chi connectivity index (χ1n) is 5.66. The second kappa shape index (κ2) is 6.09. The lowest BCUT2D eigenvalue weighted by Gasteiger charge is -2.11. The molecule has 0 fully saturated rings. The molecule has 1 rings (SSSR count). The van der Waals surface area contributed by atoms with E-state index in [1.807, 2.05) is 6.92 Å². The Labute approximate surface area is 106 Å². The molecule has 16 heavy (non-hydrogen) atoms. The number of pyridine rings is 1. The molecule has 0 unspecified atom stereocenters. The largest absolute Gasteiger partial charge is 0.397 e. The van der Waals surface area contributed by atoms with E-state index in [4.69, 9.17) is 5.73 Å². The average Bonchev–Trinajstić information content (AvgIpc) is 2.23. The van der Waals surface area contributed by atoms with E-state index < -0.39 is 0 Å². The molecule has 3 nitrogen and oxygen atoms in total. The van der Waals surface area contributed by atoms with Crippen LogP contribution >= 0.6 is 15.9 Å². The van der Waals surface area contributed by atoms with Crippen LogP contribution in [0.3, 0.4) is 0 Å². The summed E-state index contributed by atoms with van der Waals surface area (Å²) >= 11 is 3.51. The number of aromatic nitrogens is 1. The van der Waals surface area contributed by atoms with Crippen LogP contribution in [0.2, 0.25) is 0 Å². The van der Waals surface area contributed by atoms with E-state index in [0.29, 0.717) is 0 Å². The average molecular weight is 286 g/mol. The molecule has 0 aliphatic carbocycles. The number of hydrogen-bond donors (Lipinski definition) is 2. The van der Waals surface area contributed by atoms with Crippen LogP contribution in [0.5, 0.6) is 0 Å². The molecule has 0 aliphatic heterocycles. The van der Waals surface area contributed by atoms with Gasteiger partial charge in [-0.3, -0.25) is 0 Å². The lowest BCUT2D eigenvalue weighted by atomic mass is 10.1. The minimum Gasteiger partial charge on any atom is -0.397 e. The van der Waals surface area contributed by atoms with Crippen LogP contribution in [-0.2, 0) is 0 Å². The Morgan fingerprint density at radius 1 is 1.50 bits per heavy atom. The first-order chi connectivity index (χ1) is 7.52. The molecular weight excluding hydrogens is 266 g/mol. The standard InChI is InChI=1S/C12H20BrN3/c1-8(2)5-4-6-15-12-11(13)9(3)10(14)7-16-12/h7-8H,4-6,14H2,1-3H3,(H,15,16). The number of nitrogens with two attached hydrogens (primary N) is 1. The van der Waals surface area contributed by atoms with E-state index in [2.05, 4.69) is 40.1 Å². The summed E-state index contributed by atoms with van der Waals surface area (Å²) in [6.45, 7) is 7.41. The van der Waals surface area contributed by atoms with Gasteiger partial charge in [0.1, 0.15) is 5.82 Å². The molecule has 0 radical (unpaired) electrons. The molecule has 1 aromatic rings. The minimum atomic E-state index is 0.722. The van der Waals surface area contributed by atoms with E-state index in [-0.39, 0.29) is 0 Å². The maximum atomic E-state index is 5.76. The topological polar surface area (TPSA) is 50.9 Å². The smallest absolute Gasteiger partial charge is 0.140 e. The third-order valence-corrected chi connectivity index (χ3v) is 3.52. The molecule has 0 aliphatic rings. The summed E-state index contributed by atoms with van der Waals surface area (Å²) in [5.74, 6) is 1.64. The van der Waals surface area contributed by atoms with E-state index in [1.165, 1.54) is 6.42 Å². The lowest BCUT2D eigenvalue weighted by Crippen LogP contribution is -2.06. The highest BCUT2D eigenvalue weighted by Gasteiger charge is 2.06. The summed E-state index contributed by atoms with van der Waals surface area (Å²) in [7, 11) is 0. The van der Waals surface area contributed by atoms with Gasteiger partial charge in [0.2, 0.25) is 0 Å². The van der Waals surface area contributed by atoms with Crippen LogP contribution in [0.25, 0.3) is 0 Å². The molecule has 90 valence electrons. The quantitative estimate of drug-likeness (QED) is 0.813. The Balaban J connectivity index is 2.52. The fourth-order valence-corrected chi connectivity index (χ4v) is 1.90. The van der Waals surface area contributed by atoms with Crippen LogP contribution < -0.4 is 11.1 Å². The Bertz CT molecular complexity index is 350. The summed E-state index contributed by atoms with van der Waals surface area (Å²) in [5, 5.41) is 3.32. The van der Waals surface area contributed by atoms with Gasteiger partial charge in [0.25, 0.3) is 0 Å². The number of hydrogen-bond acceptors (Lipinski definition) is 3. The summed E-state index contributed by atoms with van der Waals surface area (Å²) in [6.07, 6.45) is 4.10. The molecule has 4 heteroatoms. The van der Waals surface area contributed by atoms with Crippen molar-refractivity contribution in [1.82, 2.24) is 4.98 Å². The number of halogens is 1. The predicted octanol–water partition coefficient (Wildman–Crippen LogP) is 3.58. The number of anilines is 2. The summed E-state index contributed by atoms with van der Waals surface area (Å²) in [6, 6.07) is 0. The van der Waals surface area contributed by atoms with Crippen molar-refractivity contribution in [3.8, 4) is 0 Å². The molecule has 0 aromatic carbocycles. The van der Waals surface area contributed by atoms with Crippen LogP contribution in [-0.4, -0.2) is 11.5 Å². The number of nitrogens with zero attached hydrogens (tertiary/aromatic N) is 1. The lowest BCUT2D eigenvalue weighted by molar-refractivity contribution is 0.566. The Kier molecular flexibility index (Phi) is 5.06. The van der Waals surface area contributed by atoms with Gasteiger partial charge in [0, 0.05) is 6.54 Å². The third-order valence-electron chi connectivity index (χ3n) is 2.55. The molecule has 0 amide bonds. The predicted molar refractivity (Wildman–Crippen MR) is 73.6 cm³/mol. The van der Waals surface area contributed by atoms with Gasteiger partial charge in [-0.05, 0) is 47.2 Å². The minimum absolute atomic E-state index is 0.722. The van der Waals surface area contributed by atoms with E-state index >= 15 is 0 Å². The van der Waals surface area contributed by atoms with Crippen LogP contribution in [0.1, 0.15) is 32.3 Å². The highest BCUT2D eigenvalue weighted by Crippen LogP contribution is 2.27. The van der Waals surface area contributed by atoms with E-state index in [1.54, 1.807) is 6.20 Å².